The molecule has 1 rings (SSSR count). The van der Waals surface area contributed by atoms with Gasteiger partial charge in [-0.25, -0.2) is 0 Å². The van der Waals surface area contributed by atoms with Crippen molar-refractivity contribution in [3.8, 4) is 0 Å². The van der Waals surface area contributed by atoms with Crippen molar-refractivity contribution in [3.05, 3.63) is 36.5 Å². The molecule has 1 aliphatic heterocycles. The smallest absolute Gasteiger partial charge is 0.306 e. The molecule has 0 aliphatic carbocycles. The van der Waals surface area contributed by atoms with Gasteiger partial charge in [0.05, 0.1) is 19.8 Å². The van der Waals surface area contributed by atoms with Gasteiger partial charge in [0.1, 0.15) is 30.5 Å². The van der Waals surface area contributed by atoms with Crippen LogP contribution in [0.15, 0.2) is 36.5 Å². The molecule has 0 aromatic heterocycles. The largest absolute Gasteiger partial charge is 0.457 e. The van der Waals surface area contributed by atoms with Gasteiger partial charge in [0.25, 0.3) is 0 Å². The molecule has 1 heterocycles. The van der Waals surface area contributed by atoms with Crippen LogP contribution < -0.4 is 0 Å². The Bertz CT molecular complexity index is 921. The van der Waals surface area contributed by atoms with E-state index in [1.54, 1.807) is 0 Å². The Labute approximate surface area is 330 Å². The molecular weight excluding hydrogens is 684 g/mol. The van der Waals surface area contributed by atoms with E-state index >= 15 is 0 Å². The SMILES string of the molecule is CCCCC/C=C\CCCCCCCC(=O)OC(COCCCCCCCCCC/C=C\C/C=C\CCCCCC)COC1OC(CO)C(O)C(O)C1O. The number of carbonyl (C=O) groups excluding carboxylic acids is 1. The Hall–Kier alpha value is -1.59. The van der Waals surface area contributed by atoms with E-state index in [0.29, 0.717) is 13.0 Å². The molecule has 54 heavy (non-hydrogen) atoms. The Morgan fingerprint density at radius 2 is 1.07 bits per heavy atom. The van der Waals surface area contributed by atoms with Crippen LogP contribution in [0.2, 0.25) is 0 Å². The first-order valence-corrected chi connectivity index (χ1v) is 22.1. The van der Waals surface area contributed by atoms with Crippen LogP contribution in [0.1, 0.15) is 181 Å². The van der Waals surface area contributed by atoms with Crippen LogP contribution >= 0.6 is 0 Å². The normalized spacial score (nSPS) is 21.2. The Morgan fingerprint density at radius 3 is 1.65 bits per heavy atom. The zero-order valence-electron chi connectivity index (χ0n) is 34.5. The summed E-state index contributed by atoms with van der Waals surface area (Å²) in [6, 6.07) is 0. The molecule has 1 fully saturated rings. The van der Waals surface area contributed by atoms with Crippen LogP contribution in [0, 0.1) is 0 Å². The van der Waals surface area contributed by atoms with Gasteiger partial charge < -0.3 is 39.4 Å². The third-order valence-corrected chi connectivity index (χ3v) is 10.0. The van der Waals surface area contributed by atoms with Crippen molar-refractivity contribution in [3.63, 3.8) is 0 Å². The highest BCUT2D eigenvalue weighted by molar-refractivity contribution is 5.69. The van der Waals surface area contributed by atoms with Crippen molar-refractivity contribution in [2.75, 3.05) is 26.4 Å². The molecule has 0 bridgehead atoms. The fourth-order valence-electron chi connectivity index (χ4n) is 6.52. The van der Waals surface area contributed by atoms with Gasteiger partial charge in [0.15, 0.2) is 6.29 Å². The molecule has 6 unspecified atom stereocenters. The minimum Gasteiger partial charge on any atom is -0.457 e. The predicted molar refractivity (Wildman–Crippen MR) is 219 cm³/mol. The highest BCUT2D eigenvalue weighted by Crippen LogP contribution is 2.22. The average molecular weight is 767 g/mol. The second-order valence-electron chi connectivity index (χ2n) is 15.1. The van der Waals surface area contributed by atoms with Crippen LogP contribution in [0.25, 0.3) is 0 Å². The number of unbranched alkanes of at least 4 members (excludes halogenated alkanes) is 20. The molecule has 9 heteroatoms. The summed E-state index contributed by atoms with van der Waals surface area (Å²) in [5.41, 5.74) is 0. The Kier molecular flexibility index (Phi) is 34.6. The monoisotopic (exact) mass is 767 g/mol. The number of hydrogen-bond acceptors (Lipinski definition) is 9. The summed E-state index contributed by atoms with van der Waals surface area (Å²) in [6.45, 7) is 4.49. The van der Waals surface area contributed by atoms with Crippen molar-refractivity contribution in [2.24, 2.45) is 0 Å². The van der Waals surface area contributed by atoms with Crippen LogP contribution in [-0.4, -0.2) is 89.6 Å². The van der Waals surface area contributed by atoms with Gasteiger partial charge in [-0.1, -0.05) is 140 Å². The molecule has 0 aromatic carbocycles. The summed E-state index contributed by atoms with van der Waals surface area (Å²) in [7, 11) is 0. The number of ether oxygens (including phenoxy) is 4. The van der Waals surface area contributed by atoms with E-state index in [-0.39, 0.29) is 19.2 Å². The Morgan fingerprint density at radius 1 is 0.593 bits per heavy atom. The molecule has 9 nitrogen and oxygen atoms in total. The van der Waals surface area contributed by atoms with Crippen LogP contribution in [-0.2, 0) is 23.7 Å². The lowest BCUT2D eigenvalue weighted by Crippen LogP contribution is -2.59. The van der Waals surface area contributed by atoms with Crippen LogP contribution in [0.3, 0.4) is 0 Å². The molecule has 0 saturated carbocycles. The van der Waals surface area contributed by atoms with Crippen molar-refractivity contribution in [1.82, 2.24) is 0 Å². The van der Waals surface area contributed by atoms with E-state index in [9.17, 15) is 25.2 Å². The summed E-state index contributed by atoms with van der Waals surface area (Å²) in [6.07, 6.45) is 36.0. The van der Waals surface area contributed by atoms with E-state index < -0.39 is 43.4 Å². The standard InChI is InChI=1S/C45H82O9/c1-3-5-7-9-11-13-15-17-18-19-20-21-22-23-25-27-29-31-33-35-51-37-39(38-52-45-44(50)43(49)42(48)40(36-46)54-45)53-41(47)34-32-30-28-26-24-16-14-12-10-8-6-4-2/h12-15,18-19,39-40,42-46,48-50H,3-11,16-17,20-38H2,1-2H3/b14-12-,15-13-,19-18-. The van der Waals surface area contributed by atoms with Gasteiger partial charge in [-0.3, -0.25) is 4.79 Å². The molecular formula is C45H82O9. The summed E-state index contributed by atoms with van der Waals surface area (Å²) in [4.78, 5) is 12.7. The first kappa shape index (κ1) is 50.4. The molecule has 6 atom stereocenters. The van der Waals surface area contributed by atoms with Crippen molar-refractivity contribution in [2.45, 2.75) is 218 Å². The molecule has 0 amide bonds. The van der Waals surface area contributed by atoms with E-state index in [2.05, 4.69) is 50.3 Å². The van der Waals surface area contributed by atoms with E-state index in [0.717, 1.165) is 51.4 Å². The third kappa shape index (κ3) is 27.9. The van der Waals surface area contributed by atoms with Crippen LogP contribution in [0.5, 0.6) is 0 Å². The zero-order valence-corrected chi connectivity index (χ0v) is 34.5. The number of allylic oxidation sites excluding steroid dienone is 6. The topological polar surface area (TPSA) is 135 Å². The highest BCUT2D eigenvalue weighted by atomic mass is 16.7. The maximum Gasteiger partial charge on any atom is 0.306 e. The lowest BCUT2D eigenvalue weighted by Gasteiger charge is -2.39. The third-order valence-electron chi connectivity index (χ3n) is 10.0. The maximum atomic E-state index is 12.7. The Balaban J connectivity index is 2.26. The molecule has 0 spiro atoms. The van der Waals surface area contributed by atoms with Crippen molar-refractivity contribution >= 4 is 5.97 Å². The average Bonchev–Trinajstić information content (AvgIpc) is 3.17. The van der Waals surface area contributed by atoms with E-state index in [1.807, 2.05) is 0 Å². The number of rotatable bonds is 37. The molecule has 1 aliphatic rings. The number of carbonyl (C=O) groups is 1. The molecule has 316 valence electrons. The van der Waals surface area contributed by atoms with Crippen LogP contribution in [0.4, 0.5) is 0 Å². The van der Waals surface area contributed by atoms with Gasteiger partial charge in [-0.15, -0.1) is 0 Å². The fraction of sp³-hybridized carbons (Fsp3) is 0.844. The van der Waals surface area contributed by atoms with Gasteiger partial charge >= 0.3 is 5.97 Å². The summed E-state index contributed by atoms with van der Waals surface area (Å²) >= 11 is 0. The lowest BCUT2D eigenvalue weighted by atomic mass is 9.99. The zero-order chi connectivity index (χ0) is 39.3. The second-order valence-corrected chi connectivity index (χ2v) is 15.1. The molecule has 4 N–H and O–H groups in total. The molecule has 0 aromatic rings. The van der Waals surface area contributed by atoms with E-state index in [4.69, 9.17) is 18.9 Å². The van der Waals surface area contributed by atoms with Gasteiger partial charge in [-0.05, 0) is 70.6 Å². The molecule has 1 saturated heterocycles. The fourth-order valence-corrected chi connectivity index (χ4v) is 6.52. The highest BCUT2D eigenvalue weighted by Gasteiger charge is 2.44. The second kappa shape index (κ2) is 37.0. The molecule has 0 radical (unpaired) electrons. The minimum absolute atomic E-state index is 0.119. The van der Waals surface area contributed by atoms with Gasteiger partial charge in [0, 0.05) is 13.0 Å². The lowest BCUT2D eigenvalue weighted by molar-refractivity contribution is -0.305. The van der Waals surface area contributed by atoms with Gasteiger partial charge in [0.2, 0.25) is 0 Å². The number of hydrogen-bond donors (Lipinski definition) is 4. The van der Waals surface area contributed by atoms with Crippen molar-refractivity contribution < 1.29 is 44.2 Å². The first-order valence-electron chi connectivity index (χ1n) is 22.1. The summed E-state index contributed by atoms with van der Waals surface area (Å²) < 4.78 is 22.8. The minimum atomic E-state index is -1.54. The first-order chi connectivity index (χ1) is 26.4. The number of esters is 1. The number of aliphatic hydroxyl groups excluding tert-OH is 4. The maximum absolute atomic E-state index is 12.7. The predicted octanol–water partition coefficient (Wildman–Crippen LogP) is 9.58. The van der Waals surface area contributed by atoms with Crippen molar-refractivity contribution in [1.29, 1.82) is 0 Å². The van der Waals surface area contributed by atoms with Gasteiger partial charge in [-0.2, -0.15) is 0 Å². The summed E-state index contributed by atoms with van der Waals surface area (Å²) in [5.74, 6) is -0.326. The quantitative estimate of drug-likeness (QED) is 0.0277. The van der Waals surface area contributed by atoms with E-state index in [1.165, 1.54) is 109 Å². The number of aliphatic hydroxyl groups is 4. The summed E-state index contributed by atoms with van der Waals surface area (Å²) in [5, 5.41) is 40.1.